The molecule has 1 aromatic heterocycles. The number of hydrogen-bond acceptors (Lipinski definition) is 4. The molecule has 0 saturated carbocycles. The molecule has 0 aromatic carbocycles. The largest absolute Gasteiger partial charge is 0.360 e. The fourth-order valence-electron chi connectivity index (χ4n) is 2.65. The second-order valence-electron chi connectivity index (χ2n) is 6.35. The van der Waals surface area contributed by atoms with E-state index in [1.54, 1.807) is 17.9 Å². The molecule has 0 spiro atoms. The summed E-state index contributed by atoms with van der Waals surface area (Å²) in [5.41, 5.74) is 0. The number of nitrogens with zero attached hydrogens (tertiary/aromatic N) is 2. The highest BCUT2D eigenvalue weighted by atomic mass is 16.5. The third-order valence-corrected chi connectivity index (χ3v) is 4.31. The molecule has 0 aliphatic rings. The Bertz CT molecular complexity index is 526. The quantitative estimate of drug-likeness (QED) is 0.554. The molecule has 0 aliphatic carbocycles. The Labute approximate surface area is 150 Å². The molecule has 0 radical (unpaired) electrons. The lowest BCUT2D eigenvalue weighted by molar-refractivity contribution is -0.895. The number of anilines is 1. The average Bonchev–Trinajstić information content (AvgIpc) is 2.99. The molecule has 1 heterocycles. The standard InChI is InChI=1S/C18H32N4O3/c1-5-8-9-10-18(24)22(12-11-21(6-2)7-3)14-17(23)19-16-13-15(4)25-20-16/h13H,5-12,14H2,1-4H3,(H,19,20,23)/p+1. The lowest BCUT2D eigenvalue weighted by Gasteiger charge is -2.24. The molecule has 25 heavy (non-hydrogen) atoms. The van der Waals surface area contributed by atoms with Gasteiger partial charge in [-0.2, -0.15) is 0 Å². The summed E-state index contributed by atoms with van der Waals surface area (Å²) in [5.74, 6) is 0.821. The SMILES string of the molecule is CCCCCC(=O)N(CC[NH+](CC)CC)CC(=O)Nc1cc(C)on1. The molecule has 1 rings (SSSR count). The zero-order valence-corrected chi connectivity index (χ0v) is 16.1. The molecule has 7 heteroatoms. The summed E-state index contributed by atoms with van der Waals surface area (Å²) in [6.45, 7) is 11.7. The van der Waals surface area contributed by atoms with Crippen molar-refractivity contribution in [1.82, 2.24) is 10.1 Å². The van der Waals surface area contributed by atoms with Crippen molar-refractivity contribution >= 4 is 17.6 Å². The number of carbonyl (C=O) groups excluding carboxylic acids is 2. The van der Waals surface area contributed by atoms with Gasteiger partial charge < -0.3 is 19.6 Å². The number of unbranched alkanes of at least 4 members (excludes halogenated alkanes) is 2. The lowest BCUT2D eigenvalue weighted by Crippen LogP contribution is -3.12. The molecule has 0 saturated heterocycles. The van der Waals surface area contributed by atoms with Crippen LogP contribution in [0.3, 0.4) is 0 Å². The van der Waals surface area contributed by atoms with E-state index in [9.17, 15) is 9.59 Å². The molecular weight excluding hydrogens is 320 g/mol. The molecule has 1 aromatic rings. The molecule has 2 amide bonds. The van der Waals surface area contributed by atoms with Gasteiger partial charge in [0.1, 0.15) is 12.3 Å². The van der Waals surface area contributed by atoms with Crippen LogP contribution in [0.5, 0.6) is 0 Å². The van der Waals surface area contributed by atoms with Crippen molar-refractivity contribution in [2.75, 3.05) is 38.0 Å². The summed E-state index contributed by atoms with van der Waals surface area (Å²) in [4.78, 5) is 27.8. The Morgan fingerprint density at radius 1 is 1.24 bits per heavy atom. The second kappa shape index (κ2) is 11.6. The first-order valence-corrected chi connectivity index (χ1v) is 9.34. The van der Waals surface area contributed by atoms with Crippen LogP contribution < -0.4 is 10.2 Å². The predicted molar refractivity (Wildman–Crippen MR) is 97.5 cm³/mol. The van der Waals surface area contributed by atoms with Crippen LogP contribution in [0.2, 0.25) is 0 Å². The van der Waals surface area contributed by atoms with E-state index >= 15 is 0 Å². The third kappa shape index (κ3) is 8.16. The molecular formula is C18H33N4O3+. The number of likely N-dealkylation sites (N-methyl/N-ethyl adjacent to an activating group) is 1. The smallest absolute Gasteiger partial charge is 0.245 e. The van der Waals surface area contributed by atoms with Crippen LogP contribution in [0.1, 0.15) is 52.2 Å². The summed E-state index contributed by atoms with van der Waals surface area (Å²) in [6.07, 6.45) is 3.47. The van der Waals surface area contributed by atoms with Crippen LogP contribution in [-0.4, -0.2) is 54.6 Å². The summed E-state index contributed by atoms with van der Waals surface area (Å²) < 4.78 is 4.94. The summed E-state index contributed by atoms with van der Waals surface area (Å²) in [7, 11) is 0. The van der Waals surface area contributed by atoms with E-state index in [0.717, 1.165) is 38.9 Å². The van der Waals surface area contributed by atoms with Crippen molar-refractivity contribution in [3.05, 3.63) is 11.8 Å². The summed E-state index contributed by atoms with van der Waals surface area (Å²) in [6, 6.07) is 1.66. The molecule has 7 nitrogen and oxygen atoms in total. The molecule has 0 atom stereocenters. The Hall–Kier alpha value is -1.89. The fourth-order valence-corrected chi connectivity index (χ4v) is 2.65. The van der Waals surface area contributed by atoms with E-state index in [4.69, 9.17) is 4.52 Å². The van der Waals surface area contributed by atoms with Crippen LogP contribution >= 0.6 is 0 Å². The van der Waals surface area contributed by atoms with Crippen LogP contribution in [0.4, 0.5) is 5.82 Å². The third-order valence-electron chi connectivity index (χ3n) is 4.31. The maximum Gasteiger partial charge on any atom is 0.245 e. The van der Waals surface area contributed by atoms with Gasteiger partial charge in [0, 0.05) is 12.5 Å². The number of amides is 2. The van der Waals surface area contributed by atoms with E-state index in [-0.39, 0.29) is 18.4 Å². The van der Waals surface area contributed by atoms with Crippen LogP contribution in [0.15, 0.2) is 10.6 Å². The van der Waals surface area contributed by atoms with E-state index in [1.165, 1.54) is 4.90 Å². The van der Waals surface area contributed by atoms with Crippen molar-refractivity contribution < 1.29 is 19.0 Å². The van der Waals surface area contributed by atoms with Gasteiger partial charge in [-0.25, -0.2) is 0 Å². The highest BCUT2D eigenvalue weighted by Crippen LogP contribution is 2.08. The molecule has 0 aliphatic heterocycles. The van der Waals surface area contributed by atoms with Crippen LogP contribution in [0, 0.1) is 6.92 Å². The Kier molecular flexibility index (Phi) is 9.84. The normalized spacial score (nSPS) is 10.9. The first-order chi connectivity index (χ1) is 12.0. The van der Waals surface area contributed by atoms with Crippen LogP contribution in [-0.2, 0) is 9.59 Å². The van der Waals surface area contributed by atoms with Gasteiger partial charge in [0.05, 0.1) is 26.2 Å². The Morgan fingerprint density at radius 2 is 1.96 bits per heavy atom. The lowest BCUT2D eigenvalue weighted by atomic mass is 10.2. The minimum absolute atomic E-state index is 0.0477. The van der Waals surface area contributed by atoms with Gasteiger partial charge in [0.2, 0.25) is 11.8 Å². The van der Waals surface area contributed by atoms with Crippen molar-refractivity contribution in [3.63, 3.8) is 0 Å². The summed E-state index contributed by atoms with van der Waals surface area (Å²) >= 11 is 0. The number of rotatable bonds is 12. The molecule has 2 N–H and O–H groups in total. The van der Waals surface area contributed by atoms with E-state index in [1.807, 2.05) is 0 Å². The zero-order valence-electron chi connectivity index (χ0n) is 16.1. The number of nitrogens with one attached hydrogen (secondary N) is 2. The van der Waals surface area contributed by atoms with Gasteiger partial charge in [-0.1, -0.05) is 24.9 Å². The van der Waals surface area contributed by atoms with Crippen molar-refractivity contribution in [3.8, 4) is 0 Å². The monoisotopic (exact) mass is 353 g/mol. The van der Waals surface area contributed by atoms with Gasteiger partial charge in [-0.15, -0.1) is 0 Å². The second-order valence-corrected chi connectivity index (χ2v) is 6.35. The fraction of sp³-hybridized carbons (Fsp3) is 0.722. The molecule has 0 bridgehead atoms. The average molecular weight is 353 g/mol. The van der Waals surface area contributed by atoms with Gasteiger partial charge >= 0.3 is 0 Å². The van der Waals surface area contributed by atoms with Crippen molar-refractivity contribution in [1.29, 1.82) is 0 Å². The first-order valence-electron chi connectivity index (χ1n) is 9.34. The van der Waals surface area contributed by atoms with Crippen molar-refractivity contribution in [2.24, 2.45) is 0 Å². The predicted octanol–water partition coefficient (Wildman–Crippen LogP) is 1.26. The van der Waals surface area contributed by atoms with Gasteiger partial charge in [-0.05, 0) is 27.2 Å². The number of quaternary nitrogens is 1. The van der Waals surface area contributed by atoms with Gasteiger partial charge in [-0.3, -0.25) is 9.59 Å². The molecule has 142 valence electrons. The molecule has 0 fully saturated rings. The Morgan fingerprint density at radius 3 is 2.52 bits per heavy atom. The number of carbonyl (C=O) groups is 2. The van der Waals surface area contributed by atoms with E-state index in [0.29, 0.717) is 24.5 Å². The van der Waals surface area contributed by atoms with Crippen molar-refractivity contribution in [2.45, 2.75) is 53.4 Å². The summed E-state index contributed by atoms with van der Waals surface area (Å²) in [5, 5.41) is 6.44. The zero-order chi connectivity index (χ0) is 18.7. The highest BCUT2D eigenvalue weighted by Gasteiger charge is 2.19. The van der Waals surface area contributed by atoms with Gasteiger partial charge in [0.15, 0.2) is 5.82 Å². The number of hydrogen-bond donors (Lipinski definition) is 2. The highest BCUT2D eigenvalue weighted by molar-refractivity contribution is 5.93. The topological polar surface area (TPSA) is 79.9 Å². The van der Waals surface area contributed by atoms with E-state index in [2.05, 4.69) is 31.2 Å². The minimum Gasteiger partial charge on any atom is -0.360 e. The number of aromatic nitrogens is 1. The maximum absolute atomic E-state index is 12.5. The minimum atomic E-state index is -0.244. The van der Waals surface area contributed by atoms with Crippen LogP contribution in [0.25, 0.3) is 0 Å². The molecule has 0 unspecified atom stereocenters. The first kappa shape index (κ1) is 21.2. The maximum atomic E-state index is 12.5. The van der Waals surface area contributed by atoms with Gasteiger partial charge in [0.25, 0.3) is 0 Å². The number of aryl methyl sites for hydroxylation is 1. The Balaban J connectivity index is 2.61. The van der Waals surface area contributed by atoms with E-state index < -0.39 is 0 Å².